The molecule has 2 atom stereocenters. The lowest BCUT2D eigenvalue weighted by Gasteiger charge is -2.37. The molecule has 114 valence electrons. The van der Waals surface area contributed by atoms with Crippen molar-refractivity contribution < 1.29 is 14.3 Å². The van der Waals surface area contributed by atoms with Gasteiger partial charge in [0.1, 0.15) is 0 Å². The van der Waals surface area contributed by atoms with Crippen molar-refractivity contribution in [2.75, 3.05) is 26.2 Å². The zero-order valence-electron chi connectivity index (χ0n) is 11.9. The fourth-order valence-corrected chi connectivity index (χ4v) is 3.81. The number of nitrogens with one attached hydrogen (secondary N) is 1. The molecule has 0 radical (unpaired) electrons. The number of carbonyl (C=O) groups excluding carboxylic acids is 2. The average Bonchev–Trinajstić information content (AvgIpc) is 3.16. The molecule has 1 aromatic rings. The number of amides is 1. The minimum Gasteiger partial charge on any atom is -0.375 e. The van der Waals surface area contributed by atoms with E-state index in [2.05, 4.69) is 10.2 Å². The molecule has 0 aromatic carbocycles. The van der Waals surface area contributed by atoms with Gasteiger partial charge in [-0.05, 0) is 30.7 Å². The maximum Gasteiger partial charge on any atom is 0.234 e. The van der Waals surface area contributed by atoms with Gasteiger partial charge < -0.3 is 10.1 Å². The van der Waals surface area contributed by atoms with Gasteiger partial charge in [-0.2, -0.15) is 0 Å². The number of carbonyl (C=O) groups is 2. The Morgan fingerprint density at radius 3 is 3.14 bits per heavy atom. The van der Waals surface area contributed by atoms with E-state index in [0.29, 0.717) is 30.2 Å². The molecule has 5 nitrogen and oxygen atoms in total. The molecule has 1 aliphatic carbocycles. The Bertz CT molecular complexity index is 503. The Kier molecular flexibility index (Phi) is 4.67. The van der Waals surface area contributed by atoms with Crippen LogP contribution in [0.25, 0.3) is 0 Å². The van der Waals surface area contributed by atoms with Gasteiger partial charge in [0.25, 0.3) is 0 Å². The summed E-state index contributed by atoms with van der Waals surface area (Å²) in [4.78, 5) is 26.8. The van der Waals surface area contributed by atoms with Gasteiger partial charge in [0.05, 0.1) is 30.7 Å². The summed E-state index contributed by atoms with van der Waals surface area (Å²) in [6, 6.07) is 4.00. The van der Waals surface area contributed by atoms with E-state index in [9.17, 15) is 9.59 Å². The van der Waals surface area contributed by atoms with Gasteiger partial charge in [-0.3, -0.25) is 14.5 Å². The molecule has 1 amide bonds. The van der Waals surface area contributed by atoms with Crippen LogP contribution >= 0.6 is 11.3 Å². The first-order valence-corrected chi connectivity index (χ1v) is 8.31. The highest BCUT2D eigenvalue weighted by Crippen LogP contribution is 2.29. The van der Waals surface area contributed by atoms with E-state index < -0.39 is 0 Å². The number of rotatable bonds is 5. The Labute approximate surface area is 128 Å². The van der Waals surface area contributed by atoms with Crippen molar-refractivity contribution in [2.24, 2.45) is 0 Å². The van der Waals surface area contributed by atoms with E-state index in [1.54, 1.807) is 6.07 Å². The first-order valence-electron chi connectivity index (χ1n) is 7.43. The quantitative estimate of drug-likeness (QED) is 0.833. The van der Waals surface area contributed by atoms with Crippen molar-refractivity contribution in [3.8, 4) is 0 Å². The van der Waals surface area contributed by atoms with E-state index >= 15 is 0 Å². The third kappa shape index (κ3) is 3.51. The molecule has 1 aromatic heterocycles. The topological polar surface area (TPSA) is 58.6 Å². The smallest absolute Gasteiger partial charge is 0.234 e. The molecule has 0 spiro atoms. The molecule has 1 saturated carbocycles. The van der Waals surface area contributed by atoms with Crippen LogP contribution < -0.4 is 5.32 Å². The van der Waals surface area contributed by atoms with Crippen molar-refractivity contribution in [3.63, 3.8) is 0 Å². The van der Waals surface area contributed by atoms with Crippen LogP contribution in [0.3, 0.4) is 0 Å². The van der Waals surface area contributed by atoms with E-state index in [4.69, 9.17) is 4.74 Å². The van der Waals surface area contributed by atoms with Gasteiger partial charge in [0, 0.05) is 12.6 Å². The van der Waals surface area contributed by atoms with Crippen LogP contribution in [-0.4, -0.2) is 55.0 Å². The summed E-state index contributed by atoms with van der Waals surface area (Å²) < 4.78 is 5.73. The molecule has 0 unspecified atom stereocenters. The van der Waals surface area contributed by atoms with Crippen molar-refractivity contribution in [2.45, 2.75) is 31.4 Å². The first-order chi connectivity index (χ1) is 10.2. The number of hydrogen-bond donors (Lipinski definition) is 1. The maximum atomic E-state index is 12.0. The number of ether oxygens (including phenoxy) is 1. The fourth-order valence-electron chi connectivity index (χ4n) is 3.15. The minimum absolute atomic E-state index is 0.0286. The average molecular weight is 308 g/mol. The van der Waals surface area contributed by atoms with Crippen molar-refractivity contribution in [1.82, 2.24) is 10.2 Å². The third-order valence-corrected chi connectivity index (χ3v) is 5.10. The van der Waals surface area contributed by atoms with Crippen molar-refractivity contribution in [1.29, 1.82) is 0 Å². The van der Waals surface area contributed by atoms with Crippen LogP contribution in [0.15, 0.2) is 17.5 Å². The summed E-state index contributed by atoms with van der Waals surface area (Å²) in [6.45, 7) is 1.94. The zero-order valence-corrected chi connectivity index (χ0v) is 12.7. The van der Waals surface area contributed by atoms with Gasteiger partial charge >= 0.3 is 0 Å². The molecule has 2 heterocycles. The molecular weight excluding hydrogens is 288 g/mol. The van der Waals surface area contributed by atoms with E-state index in [-0.39, 0.29) is 18.2 Å². The van der Waals surface area contributed by atoms with E-state index in [1.165, 1.54) is 17.8 Å². The van der Waals surface area contributed by atoms with Crippen LogP contribution in [0.1, 0.15) is 28.9 Å². The molecule has 1 N–H and O–H groups in total. The summed E-state index contributed by atoms with van der Waals surface area (Å²) in [5.41, 5.74) is 0. The van der Waals surface area contributed by atoms with Crippen LogP contribution in [0.5, 0.6) is 0 Å². The lowest BCUT2D eigenvalue weighted by molar-refractivity contribution is -0.126. The second-order valence-electron chi connectivity index (χ2n) is 5.56. The summed E-state index contributed by atoms with van der Waals surface area (Å²) in [5, 5.41) is 4.60. The van der Waals surface area contributed by atoms with E-state index in [0.717, 1.165) is 19.4 Å². The number of nitrogens with zero attached hydrogens (tertiary/aromatic N) is 1. The number of fused-ring (bicyclic) bond motifs is 1. The first kappa shape index (κ1) is 14.7. The van der Waals surface area contributed by atoms with Gasteiger partial charge in [-0.15, -0.1) is 11.3 Å². The Hall–Kier alpha value is -1.24. The van der Waals surface area contributed by atoms with Crippen LogP contribution in [0.2, 0.25) is 0 Å². The van der Waals surface area contributed by atoms with Crippen LogP contribution in [0.4, 0.5) is 0 Å². The number of Topliss-reactive ketones (excluding diaryl/α,β-unsaturated/α-hetero) is 1. The molecule has 21 heavy (non-hydrogen) atoms. The van der Waals surface area contributed by atoms with E-state index in [1.807, 2.05) is 11.4 Å². The second-order valence-corrected chi connectivity index (χ2v) is 6.50. The molecule has 2 aliphatic rings. The number of thiophene rings is 1. The molecule has 1 aliphatic heterocycles. The van der Waals surface area contributed by atoms with Gasteiger partial charge in [-0.1, -0.05) is 6.07 Å². The highest BCUT2D eigenvalue weighted by atomic mass is 32.1. The highest BCUT2D eigenvalue weighted by Gasteiger charge is 2.36. The lowest BCUT2D eigenvalue weighted by atomic mass is 10.1. The molecule has 3 rings (SSSR count). The summed E-state index contributed by atoms with van der Waals surface area (Å²) >= 11 is 1.40. The number of hydrogen-bond acceptors (Lipinski definition) is 5. The van der Waals surface area contributed by atoms with Gasteiger partial charge in [-0.25, -0.2) is 0 Å². The Morgan fingerprint density at radius 2 is 2.33 bits per heavy atom. The van der Waals surface area contributed by atoms with Gasteiger partial charge in [0.15, 0.2) is 5.78 Å². The Morgan fingerprint density at radius 1 is 1.43 bits per heavy atom. The van der Waals surface area contributed by atoms with Crippen LogP contribution in [-0.2, 0) is 9.53 Å². The van der Waals surface area contributed by atoms with Crippen molar-refractivity contribution in [3.05, 3.63) is 22.4 Å². The largest absolute Gasteiger partial charge is 0.375 e. The molecular formula is C15H20N2O3S. The maximum absolute atomic E-state index is 12.0. The molecule has 1 saturated heterocycles. The second kappa shape index (κ2) is 6.68. The van der Waals surface area contributed by atoms with Crippen molar-refractivity contribution >= 4 is 23.0 Å². The third-order valence-electron chi connectivity index (χ3n) is 4.19. The lowest BCUT2D eigenvalue weighted by Crippen LogP contribution is -2.52. The summed E-state index contributed by atoms with van der Waals surface area (Å²) in [5.74, 6) is -0.105. The summed E-state index contributed by atoms with van der Waals surface area (Å²) in [7, 11) is 0. The molecule has 0 bridgehead atoms. The highest BCUT2D eigenvalue weighted by molar-refractivity contribution is 7.12. The fraction of sp³-hybridized carbons (Fsp3) is 0.600. The normalized spacial score (nSPS) is 25.5. The molecule has 2 fully saturated rings. The number of ketones is 1. The zero-order chi connectivity index (χ0) is 14.7. The standard InChI is InChI=1S/C15H20N2O3S/c18-12(14-5-2-8-21-14)9-16-15(19)10-17-6-7-20-13-4-1-3-11(13)17/h2,5,8,11,13H,1,3-4,6-7,9-10H2,(H,16,19)/t11-,13-/m1/s1. The molecule has 6 heteroatoms. The summed E-state index contributed by atoms with van der Waals surface area (Å²) in [6.07, 6.45) is 3.66. The predicted octanol–water partition coefficient (Wildman–Crippen LogP) is 1.30. The minimum atomic E-state index is -0.0764. The van der Waals surface area contributed by atoms with Gasteiger partial charge in [0.2, 0.25) is 5.91 Å². The SMILES string of the molecule is O=C(CN1CCO[C@@H]2CCC[C@H]21)NCC(=O)c1cccs1. The number of morpholine rings is 1. The monoisotopic (exact) mass is 308 g/mol. The Balaban J connectivity index is 1.46. The predicted molar refractivity (Wildman–Crippen MR) is 80.6 cm³/mol. The van der Waals surface area contributed by atoms with Crippen LogP contribution in [0, 0.1) is 0 Å².